The molecule has 0 saturated heterocycles. The predicted molar refractivity (Wildman–Crippen MR) is 116 cm³/mol. The fourth-order valence-electron chi connectivity index (χ4n) is 2.52. The molecule has 0 unspecified atom stereocenters. The molecule has 2 aromatic carbocycles. The second-order valence-corrected chi connectivity index (χ2v) is 7.65. The van der Waals surface area contributed by atoms with E-state index in [1.807, 2.05) is 60.7 Å². The standard InChI is InChI=1S/C23H27O5P/c1-3-26-29(25,27-4-2)28-23(21-14-9-6-10-15-21)17-11-16-22(24)19-18-20-12-7-5-8-13-20/h5-10,12-15,17-19H,3-4,11,16H2,1-2H3/b19-18+,23-17-. The van der Waals surface area contributed by atoms with Gasteiger partial charge in [-0.15, -0.1) is 0 Å². The van der Waals surface area contributed by atoms with E-state index in [-0.39, 0.29) is 19.0 Å². The minimum absolute atomic E-state index is 0.00434. The first-order valence-corrected chi connectivity index (χ1v) is 11.1. The second-order valence-electron chi connectivity index (χ2n) is 6.06. The van der Waals surface area contributed by atoms with Crippen molar-refractivity contribution < 1.29 is 22.9 Å². The van der Waals surface area contributed by atoms with E-state index in [0.29, 0.717) is 18.6 Å². The van der Waals surface area contributed by atoms with Crippen LogP contribution in [-0.2, 0) is 22.9 Å². The number of rotatable bonds is 12. The third-order valence-electron chi connectivity index (χ3n) is 3.82. The molecule has 0 aliphatic heterocycles. The van der Waals surface area contributed by atoms with Gasteiger partial charge in [0.25, 0.3) is 0 Å². The molecule has 0 bridgehead atoms. The van der Waals surface area contributed by atoms with Crippen LogP contribution in [-0.4, -0.2) is 19.0 Å². The van der Waals surface area contributed by atoms with Crippen LogP contribution in [0.25, 0.3) is 11.8 Å². The maximum absolute atomic E-state index is 12.8. The van der Waals surface area contributed by atoms with E-state index in [1.54, 1.807) is 32.1 Å². The van der Waals surface area contributed by atoms with E-state index in [0.717, 1.165) is 11.1 Å². The number of phosphoric acid groups is 1. The smallest absolute Gasteiger partial charge is 0.404 e. The normalized spacial score (nSPS) is 12.3. The average molecular weight is 414 g/mol. The Kier molecular flexibility index (Phi) is 9.58. The van der Waals surface area contributed by atoms with E-state index in [1.165, 1.54) is 0 Å². The first-order valence-electron chi connectivity index (χ1n) is 9.66. The van der Waals surface area contributed by atoms with E-state index in [4.69, 9.17) is 13.6 Å². The summed E-state index contributed by atoms with van der Waals surface area (Å²) in [6.45, 7) is 3.83. The summed E-state index contributed by atoms with van der Waals surface area (Å²) in [5.74, 6) is 0.367. The molecule has 0 atom stereocenters. The molecule has 5 nitrogen and oxygen atoms in total. The largest absolute Gasteiger partial charge is 0.530 e. The molecule has 0 fully saturated rings. The molecule has 0 N–H and O–H groups in total. The van der Waals surface area contributed by atoms with Crippen LogP contribution in [0.1, 0.15) is 37.8 Å². The summed E-state index contributed by atoms with van der Waals surface area (Å²) in [6, 6.07) is 18.9. The third kappa shape index (κ3) is 8.20. The fraction of sp³-hybridized carbons (Fsp3) is 0.261. The summed E-state index contributed by atoms with van der Waals surface area (Å²) in [4.78, 5) is 12.2. The van der Waals surface area contributed by atoms with E-state index in [2.05, 4.69) is 0 Å². The molecule has 2 rings (SSSR count). The van der Waals surface area contributed by atoms with Gasteiger partial charge in [0.05, 0.1) is 13.2 Å². The van der Waals surface area contributed by atoms with Gasteiger partial charge < -0.3 is 4.52 Å². The van der Waals surface area contributed by atoms with E-state index >= 15 is 0 Å². The van der Waals surface area contributed by atoms with Crippen molar-refractivity contribution >= 4 is 25.4 Å². The molecule has 0 aromatic heterocycles. The highest BCUT2D eigenvalue weighted by Crippen LogP contribution is 2.52. The van der Waals surface area contributed by atoms with Crippen molar-refractivity contribution in [3.05, 3.63) is 83.9 Å². The number of ketones is 1. The summed E-state index contributed by atoms with van der Waals surface area (Å²) in [5.41, 5.74) is 1.71. The predicted octanol–water partition coefficient (Wildman–Crippen LogP) is 6.29. The SMILES string of the molecule is CCOP(=O)(OCC)O/C(=C\CCC(=O)/C=C/c1ccccc1)c1ccccc1. The zero-order valence-electron chi connectivity index (χ0n) is 16.8. The van der Waals surface area contributed by atoms with Crippen LogP contribution in [0.2, 0.25) is 0 Å². The molecular formula is C23H27O5P. The molecule has 0 saturated carbocycles. The number of benzene rings is 2. The third-order valence-corrected chi connectivity index (χ3v) is 5.39. The van der Waals surface area contributed by atoms with Crippen LogP contribution in [0.15, 0.2) is 72.8 Å². The zero-order valence-corrected chi connectivity index (χ0v) is 17.7. The summed E-state index contributed by atoms with van der Waals surface area (Å²) in [7, 11) is -3.72. The number of allylic oxidation sites excluding steroid dienone is 2. The number of hydrogen-bond donors (Lipinski definition) is 0. The molecule has 0 radical (unpaired) electrons. The topological polar surface area (TPSA) is 61.8 Å². The van der Waals surface area contributed by atoms with Crippen LogP contribution in [0, 0.1) is 0 Å². The first-order chi connectivity index (χ1) is 14.1. The van der Waals surface area contributed by atoms with Crippen LogP contribution in [0.3, 0.4) is 0 Å². The van der Waals surface area contributed by atoms with Crippen molar-refractivity contribution in [3.8, 4) is 0 Å². The minimum Gasteiger partial charge on any atom is -0.404 e. The molecule has 0 heterocycles. The van der Waals surface area contributed by atoms with Gasteiger partial charge in [0.2, 0.25) is 0 Å². The van der Waals surface area contributed by atoms with Gasteiger partial charge in [-0.2, -0.15) is 0 Å². The molecule has 154 valence electrons. The van der Waals surface area contributed by atoms with Crippen LogP contribution < -0.4 is 0 Å². The number of hydrogen-bond acceptors (Lipinski definition) is 5. The monoisotopic (exact) mass is 414 g/mol. The molecule has 6 heteroatoms. The van der Waals surface area contributed by atoms with Crippen molar-refractivity contribution in [1.29, 1.82) is 0 Å². The Bertz CT molecular complexity index is 849. The van der Waals surface area contributed by atoms with E-state index in [9.17, 15) is 9.36 Å². The van der Waals surface area contributed by atoms with Crippen molar-refractivity contribution in [1.82, 2.24) is 0 Å². The minimum atomic E-state index is -3.72. The highest BCUT2D eigenvalue weighted by atomic mass is 31.2. The lowest BCUT2D eigenvalue weighted by atomic mass is 10.1. The Morgan fingerprint density at radius 3 is 2.10 bits per heavy atom. The lowest BCUT2D eigenvalue weighted by Crippen LogP contribution is -2.01. The van der Waals surface area contributed by atoms with Gasteiger partial charge in [-0.25, -0.2) is 4.57 Å². The Labute approximate surface area is 172 Å². The molecule has 0 spiro atoms. The summed E-state index contributed by atoms with van der Waals surface area (Å²) in [5, 5.41) is 0. The van der Waals surface area contributed by atoms with Crippen LogP contribution >= 0.6 is 7.82 Å². The highest BCUT2D eigenvalue weighted by molar-refractivity contribution is 7.48. The molecule has 2 aromatic rings. The molecule has 0 aliphatic carbocycles. The summed E-state index contributed by atoms with van der Waals surface area (Å²) < 4.78 is 28.9. The van der Waals surface area contributed by atoms with Gasteiger partial charge in [-0.1, -0.05) is 66.7 Å². The van der Waals surface area contributed by atoms with Gasteiger partial charge in [-0.3, -0.25) is 13.8 Å². The molecule has 0 aliphatic rings. The quantitative estimate of drug-likeness (QED) is 0.232. The van der Waals surface area contributed by atoms with Crippen molar-refractivity contribution in [2.45, 2.75) is 26.7 Å². The van der Waals surface area contributed by atoms with Gasteiger partial charge in [-0.05, 0) is 38.0 Å². The van der Waals surface area contributed by atoms with Crippen molar-refractivity contribution in [3.63, 3.8) is 0 Å². The molecule has 0 amide bonds. The summed E-state index contributed by atoms with van der Waals surface area (Å²) in [6.07, 6.45) is 5.84. The maximum Gasteiger partial charge on any atom is 0.530 e. The van der Waals surface area contributed by atoms with Crippen LogP contribution in [0.4, 0.5) is 0 Å². The average Bonchev–Trinajstić information content (AvgIpc) is 2.73. The van der Waals surface area contributed by atoms with Gasteiger partial charge in [0.15, 0.2) is 5.78 Å². The molecular weight excluding hydrogens is 387 g/mol. The van der Waals surface area contributed by atoms with Gasteiger partial charge in [0.1, 0.15) is 5.76 Å². The fourth-order valence-corrected chi connectivity index (χ4v) is 3.75. The Hall–Kier alpha value is -2.46. The first kappa shape index (κ1) is 22.8. The van der Waals surface area contributed by atoms with Crippen LogP contribution in [0.5, 0.6) is 0 Å². The van der Waals surface area contributed by atoms with Crippen molar-refractivity contribution in [2.75, 3.05) is 13.2 Å². The highest BCUT2D eigenvalue weighted by Gasteiger charge is 2.28. The van der Waals surface area contributed by atoms with E-state index < -0.39 is 7.82 Å². The number of carbonyl (C=O) groups excluding carboxylic acids is 1. The second kappa shape index (κ2) is 12.2. The Morgan fingerprint density at radius 2 is 1.52 bits per heavy atom. The Morgan fingerprint density at radius 1 is 0.931 bits per heavy atom. The van der Waals surface area contributed by atoms with Gasteiger partial charge in [0, 0.05) is 12.0 Å². The Balaban J connectivity index is 2.08. The zero-order chi connectivity index (χ0) is 21.0. The van der Waals surface area contributed by atoms with Crippen molar-refractivity contribution in [2.24, 2.45) is 0 Å². The number of phosphoric ester groups is 1. The lowest BCUT2D eigenvalue weighted by Gasteiger charge is -2.19. The lowest BCUT2D eigenvalue weighted by molar-refractivity contribution is -0.114. The number of carbonyl (C=O) groups is 1. The molecule has 29 heavy (non-hydrogen) atoms. The summed E-state index contributed by atoms with van der Waals surface area (Å²) >= 11 is 0. The van der Waals surface area contributed by atoms with Gasteiger partial charge >= 0.3 is 7.82 Å². The maximum atomic E-state index is 12.8.